The number of hydrogen-bond acceptors (Lipinski definition) is 4. The van der Waals surface area contributed by atoms with E-state index in [1.54, 1.807) is 14.2 Å². The highest BCUT2D eigenvalue weighted by atomic mass is 19.4. The lowest BCUT2D eigenvalue weighted by Gasteiger charge is -2.27. The molecule has 0 unspecified atom stereocenters. The molecule has 0 radical (unpaired) electrons. The van der Waals surface area contributed by atoms with Crippen molar-refractivity contribution in [2.24, 2.45) is 0 Å². The minimum Gasteiger partial charge on any atom is -0.493 e. The van der Waals surface area contributed by atoms with E-state index in [-0.39, 0.29) is 18.1 Å². The van der Waals surface area contributed by atoms with E-state index >= 15 is 0 Å². The van der Waals surface area contributed by atoms with E-state index in [1.807, 2.05) is 62.4 Å². The number of ether oxygens (including phenoxy) is 2. The summed E-state index contributed by atoms with van der Waals surface area (Å²) in [5.41, 5.74) is 1.75. The van der Waals surface area contributed by atoms with Crippen LogP contribution in [-0.4, -0.2) is 26.2 Å². The zero-order chi connectivity index (χ0) is 27.0. The van der Waals surface area contributed by atoms with E-state index in [4.69, 9.17) is 9.47 Å². The number of likely N-dealkylation sites (N-methyl/N-ethyl adjacent to an activating group) is 1. The minimum absolute atomic E-state index is 0.0379. The Hall–Kier alpha value is -3.52. The average molecular weight is 515 g/mol. The number of benzene rings is 3. The summed E-state index contributed by atoms with van der Waals surface area (Å²) in [5.74, 6) is 0.967. The molecular formula is C29H33F3N2O3. The minimum atomic E-state index is -4.38. The quantitative estimate of drug-likeness (QED) is 0.318. The zero-order valence-corrected chi connectivity index (χ0v) is 21.4. The predicted octanol–water partition coefficient (Wildman–Crippen LogP) is 6.25. The van der Waals surface area contributed by atoms with Crippen LogP contribution < -0.4 is 20.1 Å². The molecule has 0 aromatic heterocycles. The Morgan fingerprint density at radius 1 is 0.919 bits per heavy atom. The number of alkyl halides is 3. The van der Waals surface area contributed by atoms with Crippen LogP contribution >= 0.6 is 0 Å². The van der Waals surface area contributed by atoms with Gasteiger partial charge < -0.3 is 14.8 Å². The van der Waals surface area contributed by atoms with Crippen LogP contribution in [0.4, 0.5) is 13.2 Å². The number of halogens is 3. The van der Waals surface area contributed by atoms with Crippen LogP contribution in [0.15, 0.2) is 72.8 Å². The van der Waals surface area contributed by atoms with E-state index in [0.29, 0.717) is 24.3 Å². The Labute approximate surface area is 216 Å². The summed E-state index contributed by atoms with van der Waals surface area (Å²) in [4.78, 5) is 12.9. The van der Waals surface area contributed by atoms with Crippen LogP contribution in [0.5, 0.6) is 11.5 Å². The summed E-state index contributed by atoms with van der Waals surface area (Å²) >= 11 is 0. The molecule has 37 heavy (non-hydrogen) atoms. The molecule has 0 heterocycles. The van der Waals surface area contributed by atoms with E-state index in [1.165, 1.54) is 12.1 Å². The SMILES string of the molecule is CNC(=O)[C@@H](N[C@@H](CCc1ccc(C(F)(F)F)cc1)c1ccc(OC(C)C)c(OC)c1)c1ccccc1. The van der Waals surface area contributed by atoms with Gasteiger partial charge >= 0.3 is 6.18 Å². The molecule has 1 amide bonds. The Bertz CT molecular complexity index is 1150. The first kappa shape index (κ1) is 28.1. The molecule has 198 valence electrons. The van der Waals surface area contributed by atoms with Gasteiger partial charge in [-0.3, -0.25) is 10.1 Å². The molecule has 3 aromatic carbocycles. The van der Waals surface area contributed by atoms with Crippen molar-refractivity contribution in [3.8, 4) is 11.5 Å². The van der Waals surface area contributed by atoms with E-state index in [0.717, 1.165) is 28.8 Å². The maximum absolute atomic E-state index is 13.0. The smallest absolute Gasteiger partial charge is 0.416 e. The highest BCUT2D eigenvalue weighted by Crippen LogP contribution is 2.34. The number of hydrogen-bond donors (Lipinski definition) is 2. The number of rotatable bonds is 11. The molecule has 2 atom stereocenters. The third kappa shape index (κ3) is 7.73. The standard InChI is InChI=1S/C29H33F3N2O3/c1-19(2)37-25-17-13-22(18-26(25)36-4)24(16-12-20-10-14-23(15-11-20)29(30,31)32)34-27(28(35)33-3)21-8-6-5-7-9-21/h5-11,13-15,17-19,24,27,34H,12,16H2,1-4H3,(H,33,35)/t24-,27-/m0/s1. The fraction of sp³-hybridized carbons (Fsp3) is 0.345. The third-order valence-electron chi connectivity index (χ3n) is 5.97. The van der Waals surface area contributed by atoms with Crippen LogP contribution in [0, 0.1) is 0 Å². The van der Waals surface area contributed by atoms with Gasteiger partial charge in [0.05, 0.1) is 18.8 Å². The second-order valence-electron chi connectivity index (χ2n) is 8.99. The van der Waals surface area contributed by atoms with Gasteiger partial charge in [-0.1, -0.05) is 48.5 Å². The van der Waals surface area contributed by atoms with Crippen molar-refractivity contribution in [2.45, 2.75) is 51.1 Å². The van der Waals surface area contributed by atoms with Crippen LogP contribution in [-0.2, 0) is 17.4 Å². The van der Waals surface area contributed by atoms with Crippen LogP contribution in [0.25, 0.3) is 0 Å². The van der Waals surface area contributed by atoms with E-state index in [2.05, 4.69) is 10.6 Å². The largest absolute Gasteiger partial charge is 0.493 e. The summed E-state index contributed by atoms with van der Waals surface area (Å²) < 4.78 is 50.4. The fourth-order valence-electron chi connectivity index (χ4n) is 4.08. The Morgan fingerprint density at radius 3 is 2.16 bits per heavy atom. The van der Waals surface area contributed by atoms with Gasteiger partial charge in [-0.15, -0.1) is 0 Å². The molecule has 0 aliphatic rings. The molecule has 0 aliphatic carbocycles. The van der Waals surface area contributed by atoms with Crippen molar-refractivity contribution < 1.29 is 27.4 Å². The van der Waals surface area contributed by atoms with Crippen LogP contribution in [0.3, 0.4) is 0 Å². The van der Waals surface area contributed by atoms with Gasteiger partial charge in [0.15, 0.2) is 11.5 Å². The van der Waals surface area contributed by atoms with Crippen molar-refractivity contribution in [1.82, 2.24) is 10.6 Å². The maximum Gasteiger partial charge on any atom is 0.416 e. The summed E-state index contributed by atoms with van der Waals surface area (Å²) in [6.45, 7) is 3.85. The van der Waals surface area contributed by atoms with Gasteiger partial charge in [-0.2, -0.15) is 13.2 Å². The first-order valence-corrected chi connectivity index (χ1v) is 12.2. The highest BCUT2D eigenvalue weighted by molar-refractivity contribution is 5.83. The molecule has 3 rings (SSSR count). The first-order chi connectivity index (χ1) is 17.6. The normalized spacial score (nSPS) is 13.2. The van der Waals surface area contributed by atoms with Crippen molar-refractivity contribution >= 4 is 5.91 Å². The molecular weight excluding hydrogens is 481 g/mol. The average Bonchev–Trinajstić information content (AvgIpc) is 2.88. The molecule has 3 aromatic rings. The number of aryl methyl sites for hydroxylation is 1. The van der Waals surface area contributed by atoms with Gasteiger partial charge in [-0.05, 0) is 67.6 Å². The van der Waals surface area contributed by atoms with Crippen molar-refractivity contribution in [3.63, 3.8) is 0 Å². The zero-order valence-electron chi connectivity index (χ0n) is 21.4. The molecule has 0 spiro atoms. The van der Waals surface area contributed by atoms with Crippen molar-refractivity contribution in [1.29, 1.82) is 0 Å². The molecule has 0 saturated carbocycles. The summed E-state index contributed by atoms with van der Waals surface area (Å²) in [6, 6.07) is 19.2. The summed E-state index contributed by atoms with van der Waals surface area (Å²) in [5, 5.41) is 6.18. The van der Waals surface area contributed by atoms with Gasteiger partial charge in [0.1, 0.15) is 6.04 Å². The monoisotopic (exact) mass is 514 g/mol. The number of methoxy groups -OCH3 is 1. The van der Waals surface area contributed by atoms with Crippen molar-refractivity contribution in [3.05, 3.63) is 95.1 Å². The lowest BCUT2D eigenvalue weighted by molar-refractivity contribution is -0.137. The fourth-order valence-corrected chi connectivity index (χ4v) is 4.08. The first-order valence-electron chi connectivity index (χ1n) is 12.2. The summed E-state index contributed by atoms with van der Waals surface area (Å²) in [6.07, 6.45) is -3.39. The summed E-state index contributed by atoms with van der Waals surface area (Å²) in [7, 11) is 3.15. The second-order valence-corrected chi connectivity index (χ2v) is 8.99. The number of nitrogens with one attached hydrogen (secondary N) is 2. The Balaban J connectivity index is 1.93. The molecule has 0 aliphatic heterocycles. The molecule has 5 nitrogen and oxygen atoms in total. The Morgan fingerprint density at radius 2 is 1.59 bits per heavy atom. The van der Waals surface area contributed by atoms with Gasteiger partial charge in [0, 0.05) is 13.1 Å². The van der Waals surface area contributed by atoms with Gasteiger partial charge in [0.2, 0.25) is 5.91 Å². The second kappa shape index (κ2) is 12.6. The van der Waals surface area contributed by atoms with E-state index in [9.17, 15) is 18.0 Å². The highest BCUT2D eigenvalue weighted by Gasteiger charge is 2.30. The topological polar surface area (TPSA) is 59.6 Å². The number of amides is 1. The lowest BCUT2D eigenvalue weighted by atomic mass is 9.95. The third-order valence-corrected chi connectivity index (χ3v) is 5.97. The predicted molar refractivity (Wildman–Crippen MR) is 138 cm³/mol. The van der Waals surface area contributed by atoms with Crippen LogP contribution in [0.2, 0.25) is 0 Å². The molecule has 0 bridgehead atoms. The van der Waals surface area contributed by atoms with E-state index < -0.39 is 17.8 Å². The Kier molecular flexibility index (Phi) is 9.58. The lowest BCUT2D eigenvalue weighted by Crippen LogP contribution is -2.38. The van der Waals surface area contributed by atoms with Crippen molar-refractivity contribution in [2.75, 3.05) is 14.2 Å². The van der Waals surface area contributed by atoms with Crippen LogP contribution in [0.1, 0.15) is 54.6 Å². The molecule has 0 fully saturated rings. The maximum atomic E-state index is 13.0. The molecule has 0 saturated heterocycles. The number of carbonyl (C=O) groups is 1. The molecule has 2 N–H and O–H groups in total. The van der Waals surface area contributed by atoms with Gasteiger partial charge in [0.25, 0.3) is 0 Å². The molecule has 8 heteroatoms. The van der Waals surface area contributed by atoms with Gasteiger partial charge in [-0.25, -0.2) is 0 Å². The number of carbonyl (C=O) groups excluding carboxylic acids is 1.